The Balaban J connectivity index is 1.73. The van der Waals surface area contributed by atoms with E-state index in [2.05, 4.69) is 0 Å². The van der Waals surface area contributed by atoms with Crippen LogP contribution in [-0.2, 0) is 4.79 Å². The summed E-state index contributed by atoms with van der Waals surface area (Å²) in [6.45, 7) is 5.51. The lowest BCUT2D eigenvalue weighted by Crippen LogP contribution is -2.45. The fraction of sp³-hybridized carbons (Fsp3) is 0.562. The molecule has 1 fully saturated rings. The summed E-state index contributed by atoms with van der Waals surface area (Å²) in [6.07, 6.45) is 1.69. The second-order valence-electron chi connectivity index (χ2n) is 5.79. The highest BCUT2D eigenvalue weighted by molar-refractivity contribution is 5.76. The zero-order valence-electron chi connectivity index (χ0n) is 12.3. The van der Waals surface area contributed by atoms with Gasteiger partial charge in [-0.2, -0.15) is 0 Å². The normalized spacial score (nSPS) is 17.9. The van der Waals surface area contributed by atoms with Crippen molar-refractivity contribution in [2.45, 2.75) is 38.7 Å². The Morgan fingerprint density at radius 2 is 2.10 bits per heavy atom. The molecule has 4 heteroatoms. The summed E-state index contributed by atoms with van der Waals surface area (Å²) in [4.78, 5) is 13.8. The summed E-state index contributed by atoms with van der Waals surface area (Å²) < 4.78 is 5.59. The molecule has 1 N–H and O–H groups in total. The molecule has 0 aliphatic carbocycles. The van der Waals surface area contributed by atoms with Crippen LogP contribution in [0.25, 0.3) is 0 Å². The van der Waals surface area contributed by atoms with Crippen LogP contribution in [0, 0.1) is 6.92 Å². The molecule has 1 aromatic carbocycles. The molecule has 1 aliphatic heterocycles. The maximum absolute atomic E-state index is 12.0. The van der Waals surface area contributed by atoms with E-state index < -0.39 is 5.60 Å². The average molecular weight is 277 g/mol. The summed E-state index contributed by atoms with van der Waals surface area (Å²) in [7, 11) is 0. The predicted molar refractivity (Wildman–Crippen MR) is 77.7 cm³/mol. The molecule has 0 spiro atoms. The third-order valence-corrected chi connectivity index (χ3v) is 3.77. The van der Waals surface area contributed by atoms with Crippen LogP contribution < -0.4 is 4.74 Å². The highest BCUT2D eigenvalue weighted by Crippen LogP contribution is 2.21. The van der Waals surface area contributed by atoms with Gasteiger partial charge in [-0.3, -0.25) is 4.79 Å². The van der Waals surface area contributed by atoms with Crippen LogP contribution in [-0.4, -0.2) is 41.2 Å². The number of carbonyl (C=O) groups excluding carboxylic acids is 1. The molecule has 0 atom stereocenters. The third-order valence-electron chi connectivity index (χ3n) is 3.77. The molecule has 20 heavy (non-hydrogen) atoms. The lowest BCUT2D eigenvalue weighted by Gasteiger charge is -2.35. The highest BCUT2D eigenvalue weighted by Gasteiger charge is 2.29. The van der Waals surface area contributed by atoms with Crippen LogP contribution in [0.1, 0.15) is 31.7 Å². The van der Waals surface area contributed by atoms with Crippen LogP contribution in [0.4, 0.5) is 0 Å². The van der Waals surface area contributed by atoms with Crippen LogP contribution in [0.3, 0.4) is 0 Å². The number of hydrogen-bond donors (Lipinski definition) is 1. The summed E-state index contributed by atoms with van der Waals surface area (Å²) in [5.74, 6) is 0.910. The topological polar surface area (TPSA) is 49.8 Å². The van der Waals surface area contributed by atoms with E-state index in [4.69, 9.17) is 4.74 Å². The van der Waals surface area contributed by atoms with Crippen LogP contribution >= 0.6 is 0 Å². The minimum atomic E-state index is -0.616. The van der Waals surface area contributed by atoms with Crippen molar-refractivity contribution in [1.82, 2.24) is 4.90 Å². The number of aryl methyl sites for hydroxylation is 1. The molecule has 0 saturated carbocycles. The first-order chi connectivity index (χ1) is 9.46. The number of likely N-dealkylation sites (tertiary alicyclic amines) is 1. The number of hydrogen-bond acceptors (Lipinski definition) is 3. The van der Waals surface area contributed by atoms with Gasteiger partial charge in [-0.25, -0.2) is 0 Å². The lowest BCUT2D eigenvalue weighted by molar-refractivity contribution is -0.135. The summed E-state index contributed by atoms with van der Waals surface area (Å²) in [5, 5.41) is 9.86. The van der Waals surface area contributed by atoms with Gasteiger partial charge in [-0.1, -0.05) is 12.1 Å². The molecule has 1 amide bonds. The first-order valence-electron chi connectivity index (χ1n) is 7.16. The molecule has 1 aromatic rings. The van der Waals surface area contributed by atoms with Crippen molar-refractivity contribution in [3.63, 3.8) is 0 Å². The van der Waals surface area contributed by atoms with Gasteiger partial charge in [0.15, 0.2) is 0 Å². The zero-order valence-corrected chi connectivity index (χ0v) is 12.3. The molecular formula is C16H23NO3. The third kappa shape index (κ3) is 4.23. The standard InChI is InChI=1S/C16H23NO3/c1-13-4-3-5-14(12-13)20-11-6-15(18)17-9-7-16(2,19)8-10-17/h3-5,12,19H,6-11H2,1-2H3. The van der Waals surface area contributed by atoms with Crippen molar-refractivity contribution >= 4 is 5.91 Å². The van der Waals surface area contributed by atoms with E-state index in [1.165, 1.54) is 0 Å². The molecule has 0 radical (unpaired) electrons. The van der Waals surface area contributed by atoms with E-state index in [1.807, 2.05) is 43.0 Å². The number of benzene rings is 1. The van der Waals surface area contributed by atoms with Crippen LogP contribution in [0.2, 0.25) is 0 Å². The van der Waals surface area contributed by atoms with Crippen molar-refractivity contribution in [2.75, 3.05) is 19.7 Å². The molecular weight excluding hydrogens is 254 g/mol. The van der Waals surface area contributed by atoms with Crippen LogP contribution in [0.5, 0.6) is 5.75 Å². The van der Waals surface area contributed by atoms with E-state index >= 15 is 0 Å². The van der Waals surface area contributed by atoms with Crippen molar-refractivity contribution in [1.29, 1.82) is 0 Å². The Bertz CT molecular complexity index is 461. The van der Waals surface area contributed by atoms with Gasteiger partial charge in [0.25, 0.3) is 0 Å². The quantitative estimate of drug-likeness (QED) is 0.917. The van der Waals surface area contributed by atoms with Crippen molar-refractivity contribution in [3.8, 4) is 5.75 Å². The molecule has 0 bridgehead atoms. The van der Waals surface area contributed by atoms with E-state index in [0.29, 0.717) is 39.0 Å². The number of ether oxygens (including phenoxy) is 1. The maximum Gasteiger partial charge on any atom is 0.226 e. The second-order valence-corrected chi connectivity index (χ2v) is 5.79. The summed E-state index contributed by atoms with van der Waals surface area (Å²) in [5.41, 5.74) is 0.529. The Morgan fingerprint density at radius 3 is 2.75 bits per heavy atom. The number of aliphatic hydroxyl groups is 1. The van der Waals surface area contributed by atoms with Gasteiger partial charge in [-0.05, 0) is 44.4 Å². The zero-order chi connectivity index (χ0) is 14.6. The fourth-order valence-electron chi connectivity index (χ4n) is 2.36. The van der Waals surface area contributed by atoms with Gasteiger partial charge >= 0.3 is 0 Å². The van der Waals surface area contributed by atoms with E-state index in [9.17, 15) is 9.90 Å². The van der Waals surface area contributed by atoms with Gasteiger partial charge in [0, 0.05) is 13.1 Å². The Kier molecular flexibility index (Phi) is 4.65. The number of rotatable bonds is 4. The number of amides is 1. The Hall–Kier alpha value is -1.55. The van der Waals surface area contributed by atoms with Crippen molar-refractivity contribution in [2.24, 2.45) is 0 Å². The SMILES string of the molecule is Cc1cccc(OCCC(=O)N2CCC(C)(O)CC2)c1. The minimum Gasteiger partial charge on any atom is -0.493 e. The molecule has 2 rings (SSSR count). The van der Waals surface area contributed by atoms with Gasteiger partial charge < -0.3 is 14.7 Å². The first kappa shape index (κ1) is 14.9. The largest absolute Gasteiger partial charge is 0.493 e. The molecule has 0 aromatic heterocycles. The van der Waals surface area contributed by atoms with E-state index in [1.54, 1.807) is 0 Å². The van der Waals surface area contributed by atoms with Gasteiger partial charge in [0.05, 0.1) is 18.6 Å². The average Bonchev–Trinajstić information content (AvgIpc) is 2.38. The Labute approximate surface area is 120 Å². The van der Waals surface area contributed by atoms with E-state index in [0.717, 1.165) is 11.3 Å². The molecule has 0 unspecified atom stereocenters. The molecule has 1 aliphatic rings. The smallest absolute Gasteiger partial charge is 0.226 e. The van der Waals surface area contributed by atoms with Gasteiger partial charge in [-0.15, -0.1) is 0 Å². The van der Waals surface area contributed by atoms with Crippen molar-refractivity contribution < 1.29 is 14.6 Å². The molecule has 1 heterocycles. The monoisotopic (exact) mass is 277 g/mol. The van der Waals surface area contributed by atoms with Crippen LogP contribution in [0.15, 0.2) is 24.3 Å². The lowest BCUT2D eigenvalue weighted by atomic mass is 9.94. The Morgan fingerprint density at radius 1 is 1.40 bits per heavy atom. The maximum atomic E-state index is 12.0. The molecule has 4 nitrogen and oxygen atoms in total. The molecule has 1 saturated heterocycles. The molecule has 110 valence electrons. The van der Waals surface area contributed by atoms with Crippen molar-refractivity contribution in [3.05, 3.63) is 29.8 Å². The highest BCUT2D eigenvalue weighted by atomic mass is 16.5. The number of piperidine rings is 1. The van der Waals surface area contributed by atoms with Gasteiger partial charge in [0.2, 0.25) is 5.91 Å². The first-order valence-corrected chi connectivity index (χ1v) is 7.16. The fourth-order valence-corrected chi connectivity index (χ4v) is 2.36. The number of nitrogens with zero attached hydrogens (tertiary/aromatic N) is 1. The summed E-state index contributed by atoms with van der Waals surface area (Å²) >= 11 is 0. The van der Waals surface area contributed by atoms with E-state index in [-0.39, 0.29) is 5.91 Å². The predicted octanol–water partition coefficient (Wildman–Crippen LogP) is 2.14. The minimum absolute atomic E-state index is 0.105. The van der Waals surface area contributed by atoms with Gasteiger partial charge in [0.1, 0.15) is 5.75 Å². The second kappa shape index (κ2) is 6.27. The number of carbonyl (C=O) groups is 1. The summed E-state index contributed by atoms with van der Waals surface area (Å²) in [6, 6.07) is 7.81.